The fraction of sp³-hybridized carbons (Fsp3) is 0.273. The van der Waals surface area contributed by atoms with Crippen molar-refractivity contribution in [2.45, 2.75) is 13.5 Å². The van der Waals surface area contributed by atoms with Crippen LogP contribution in [0.15, 0.2) is 24.7 Å². The van der Waals surface area contributed by atoms with Crippen LogP contribution in [-0.2, 0) is 11.3 Å². The van der Waals surface area contributed by atoms with Crippen LogP contribution in [0.2, 0.25) is 0 Å². The first-order valence-corrected chi connectivity index (χ1v) is 5.38. The fourth-order valence-electron chi connectivity index (χ4n) is 1.46. The molecule has 0 spiro atoms. The Balaban J connectivity index is 2.01. The molecule has 6 nitrogen and oxygen atoms in total. The molecule has 2 aromatic heterocycles. The van der Waals surface area contributed by atoms with Gasteiger partial charge in [0.05, 0.1) is 18.8 Å². The van der Waals surface area contributed by atoms with Crippen LogP contribution in [0.4, 0.5) is 5.69 Å². The summed E-state index contributed by atoms with van der Waals surface area (Å²) in [7, 11) is 0. The Kier molecular flexibility index (Phi) is 3.44. The summed E-state index contributed by atoms with van der Waals surface area (Å²) >= 11 is 0. The summed E-state index contributed by atoms with van der Waals surface area (Å²) in [6.07, 6.45) is 5.12. The van der Waals surface area contributed by atoms with Crippen LogP contribution >= 0.6 is 0 Å². The number of aromatic nitrogens is 3. The van der Waals surface area contributed by atoms with Crippen molar-refractivity contribution in [3.8, 4) is 0 Å². The van der Waals surface area contributed by atoms with Crippen LogP contribution in [0.3, 0.4) is 0 Å². The van der Waals surface area contributed by atoms with Crippen molar-refractivity contribution >= 4 is 11.7 Å². The zero-order valence-electron chi connectivity index (χ0n) is 9.49. The third-order valence-corrected chi connectivity index (χ3v) is 2.23. The summed E-state index contributed by atoms with van der Waals surface area (Å²) in [4.78, 5) is 21.5. The van der Waals surface area contributed by atoms with E-state index in [1.165, 1.54) is 0 Å². The second kappa shape index (κ2) is 5.20. The lowest BCUT2D eigenvalue weighted by atomic mass is 10.3. The molecule has 0 amide bonds. The molecule has 3 N–H and O–H groups in total. The maximum Gasteiger partial charge on any atom is 0.356 e. The van der Waals surface area contributed by atoms with E-state index in [1.807, 2.05) is 0 Å². The number of anilines is 1. The van der Waals surface area contributed by atoms with Crippen LogP contribution in [-0.4, -0.2) is 27.5 Å². The van der Waals surface area contributed by atoms with Crippen molar-refractivity contribution in [3.05, 3.63) is 36.2 Å². The van der Waals surface area contributed by atoms with E-state index in [9.17, 15) is 4.79 Å². The molecule has 0 atom stereocenters. The predicted octanol–water partition coefficient (Wildman–Crippen LogP) is 1.53. The van der Waals surface area contributed by atoms with Gasteiger partial charge in [0, 0.05) is 18.6 Å². The van der Waals surface area contributed by atoms with Crippen molar-refractivity contribution in [2.24, 2.45) is 0 Å². The first kappa shape index (κ1) is 11.3. The van der Waals surface area contributed by atoms with Gasteiger partial charge in [-0.1, -0.05) is 0 Å². The Labute approximate surface area is 98.4 Å². The van der Waals surface area contributed by atoms with Gasteiger partial charge in [-0.25, -0.2) is 9.78 Å². The lowest BCUT2D eigenvalue weighted by molar-refractivity contribution is 0.0521. The topological polar surface area (TPSA) is 82.8 Å². The van der Waals surface area contributed by atoms with Gasteiger partial charge in [-0.05, 0) is 13.0 Å². The van der Waals surface area contributed by atoms with E-state index in [2.05, 4.69) is 20.3 Å². The van der Waals surface area contributed by atoms with E-state index in [1.54, 1.807) is 31.6 Å². The summed E-state index contributed by atoms with van der Waals surface area (Å²) in [6, 6.07) is 1.79. The Morgan fingerprint density at radius 2 is 2.35 bits per heavy atom. The number of hydrogen-bond donors (Lipinski definition) is 3. The van der Waals surface area contributed by atoms with E-state index in [0.717, 1.165) is 5.82 Å². The van der Waals surface area contributed by atoms with Gasteiger partial charge in [0.2, 0.25) is 0 Å². The van der Waals surface area contributed by atoms with Gasteiger partial charge in [0.15, 0.2) is 0 Å². The molecule has 6 heteroatoms. The molecule has 17 heavy (non-hydrogen) atoms. The van der Waals surface area contributed by atoms with E-state index < -0.39 is 0 Å². The number of nitrogens with zero attached hydrogens (tertiary/aromatic N) is 1. The minimum Gasteiger partial charge on any atom is -0.461 e. The molecular weight excluding hydrogens is 220 g/mol. The summed E-state index contributed by atoms with van der Waals surface area (Å²) in [6.45, 7) is 2.66. The molecule has 0 saturated carbocycles. The SMILES string of the molecule is CCOC(=O)c1[nH]ccc1NCc1ncc[nH]1. The number of nitrogens with one attached hydrogen (secondary N) is 3. The van der Waals surface area contributed by atoms with Crippen molar-refractivity contribution in [1.29, 1.82) is 0 Å². The van der Waals surface area contributed by atoms with Gasteiger partial charge in [-0.2, -0.15) is 0 Å². The minimum absolute atomic E-state index is 0.357. The van der Waals surface area contributed by atoms with Gasteiger partial charge in [-0.15, -0.1) is 0 Å². The number of carbonyl (C=O) groups is 1. The molecule has 90 valence electrons. The molecule has 0 aliphatic heterocycles. The Hall–Kier alpha value is -2.24. The molecule has 2 rings (SSSR count). The minimum atomic E-state index is -0.362. The van der Waals surface area contributed by atoms with Crippen molar-refractivity contribution in [2.75, 3.05) is 11.9 Å². The van der Waals surface area contributed by atoms with Crippen molar-refractivity contribution in [3.63, 3.8) is 0 Å². The quantitative estimate of drug-likeness (QED) is 0.685. The number of hydrogen-bond acceptors (Lipinski definition) is 4. The van der Waals surface area contributed by atoms with Gasteiger partial charge >= 0.3 is 5.97 Å². The zero-order valence-corrected chi connectivity index (χ0v) is 9.49. The average Bonchev–Trinajstić information content (AvgIpc) is 2.98. The summed E-state index contributed by atoms with van der Waals surface area (Å²) in [5, 5.41) is 3.11. The molecule has 0 aliphatic carbocycles. The second-order valence-electron chi connectivity index (χ2n) is 3.38. The van der Waals surface area contributed by atoms with E-state index in [4.69, 9.17) is 4.74 Å². The van der Waals surface area contributed by atoms with Crippen LogP contribution in [0.25, 0.3) is 0 Å². The van der Waals surface area contributed by atoms with Gasteiger partial charge < -0.3 is 20.0 Å². The van der Waals surface area contributed by atoms with Crippen molar-refractivity contribution in [1.82, 2.24) is 15.0 Å². The number of rotatable bonds is 5. The Morgan fingerprint density at radius 3 is 3.06 bits per heavy atom. The predicted molar refractivity (Wildman–Crippen MR) is 62.7 cm³/mol. The summed E-state index contributed by atoms with van der Waals surface area (Å²) in [5.74, 6) is 0.445. The number of H-pyrrole nitrogens is 2. The number of esters is 1. The molecule has 0 saturated heterocycles. The average molecular weight is 234 g/mol. The number of ether oxygens (including phenoxy) is 1. The van der Waals surface area contributed by atoms with Crippen LogP contribution in [0.1, 0.15) is 23.2 Å². The molecule has 0 bridgehead atoms. The van der Waals surface area contributed by atoms with E-state index in [0.29, 0.717) is 24.5 Å². The molecule has 0 fully saturated rings. The summed E-state index contributed by atoms with van der Waals surface area (Å²) in [5.41, 5.74) is 1.14. The second-order valence-corrected chi connectivity index (χ2v) is 3.38. The first-order valence-electron chi connectivity index (χ1n) is 5.38. The normalized spacial score (nSPS) is 10.2. The highest BCUT2D eigenvalue weighted by Gasteiger charge is 2.13. The lowest BCUT2D eigenvalue weighted by Gasteiger charge is -2.05. The molecule has 0 unspecified atom stereocenters. The zero-order chi connectivity index (χ0) is 12.1. The Morgan fingerprint density at radius 1 is 1.47 bits per heavy atom. The van der Waals surface area contributed by atoms with Crippen LogP contribution in [0.5, 0.6) is 0 Å². The maximum absolute atomic E-state index is 11.6. The highest BCUT2D eigenvalue weighted by atomic mass is 16.5. The number of aromatic amines is 2. The van der Waals surface area contributed by atoms with Crippen LogP contribution in [0, 0.1) is 0 Å². The van der Waals surface area contributed by atoms with E-state index in [-0.39, 0.29) is 5.97 Å². The number of carbonyl (C=O) groups excluding carboxylic acids is 1. The van der Waals surface area contributed by atoms with Crippen molar-refractivity contribution < 1.29 is 9.53 Å². The molecule has 2 aromatic rings. The highest BCUT2D eigenvalue weighted by Crippen LogP contribution is 2.15. The summed E-state index contributed by atoms with van der Waals surface area (Å²) < 4.78 is 4.93. The maximum atomic E-state index is 11.6. The monoisotopic (exact) mass is 234 g/mol. The molecular formula is C11H14N4O2. The third-order valence-electron chi connectivity index (χ3n) is 2.23. The van der Waals surface area contributed by atoms with Gasteiger partial charge in [0.25, 0.3) is 0 Å². The van der Waals surface area contributed by atoms with Gasteiger partial charge in [0.1, 0.15) is 11.5 Å². The lowest BCUT2D eigenvalue weighted by Crippen LogP contribution is -2.09. The largest absolute Gasteiger partial charge is 0.461 e. The molecule has 0 aliphatic rings. The highest BCUT2D eigenvalue weighted by molar-refractivity contribution is 5.93. The number of imidazole rings is 1. The fourth-order valence-corrected chi connectivity index (χ4v) is 1.46. The molecule has 0 aromatic carbocycles. The molecule has 2 heterocycles. The third kappa shape index (κ3) is 2.66. The van der Waals surface area contributed by atoms with Gasteiger partial charge in [-0.3, -0.25) is 0 Å². The standard InChI is InChI=1S/C11H14N4O2/c1-2-17-11(16)10-8(3-4-14-10)15-7-9-12-5-6-13-9/h3-6,14-15H,2,7H2,1H3,(H,12,13). The van der Waals surface area contributed by atoms with Crippen LogP contribution < -0.4 is 5.32 Å². The van der Waals surface area contributed by atoms with E-state index >= 15 is 0 Å². The Bertz CT molecular complexity index is 475. The smallest absolute Gasteiger partial charge is 0.356 e. The first-order chi connectivity index (χ1) is 8.31. The molecule has 0 radical (unpaired) electrons.